The van der Waals surface area contributed by atoms with Crippen molar-refractivity contribution in [2.45, 2.75) is 17.8 Å². The van der Waals surface area contributed by atoms with E-state index in [4.69, 9.17) is 18.6 Å². The van der Waals surface area contributed by atoms with Crippen LogP contribution in [0.4, 0.5) is 0 Å². The zero-order valence-corrected chi connectivity index (χ0v) is 19.5. The monoisotopic (exact) mass is 465 g/mol. The smallest absolute Gasteiger partial charge is 0.373 e. The van der Waals surface area contributed by atoms with Crippen LogP contribution in [0.3, 0.4) is 0 Å². The van der Waals surface area contributed by atoms with Gasteiger partial charge in [-0.15, -0.1) is 10.2 Å². The molecule has 8 nitrogen and oxygen atoms in total. The van der Waals surface area contributed by atoms with E-state index in [1.165, 1.54) is 18.9 Å². The number of rotatable bonds is 8. The predicted octanol–water partition coefficient (Wildman–Crippen LogP) is 4.93. The molecule has 0 aliphatic heterocycles. The summed E-state index contributed by atoms with van der Waals surface area (Å²) in [4.78, 5) is 11.7. The first-order valence-electron chi connectivity index (χ1n) is 10.1. The fraction of sp³-hybridized carbons (Fsp3) is 0.208. The van der Waals surface area contributed by atoms with Gasteiger partial charge in [-0.1, -0.05) is 29.5 Å². The second-order valence-corrected chi connectivity index (χ2v) is 8.07. The van der Waals surface area contributed by atoms with Gasteiger partial charge in [0, 0.05) is 17.3 Å². The van der Waals surface area contributed by atoms with E-state index in [1.807, 2.05) is 54.0 Å². The lowest BCUT2D eigenvalue weighted by Gasteiger charge is -2.12. The first kappa shape index (κ1) is 22.5. The Balaban J connectivity index is 1.72. The summed E-state index contributed by atoms with van der Waals surface area (Å²) >= 11 is 1.45. The number of benzene rings is 2. The number of carbonyl (C=O) groups is 1. The summed E-state index contributed by atoms with van der Waals surface area (Å²) in [6.07, 6.45) is 0. The number of thioether (sulfide) groups is 1. The zero-order valence-electron chi connectivity index (χ0n) is 18.7. The Hall–Kier alpha value is -3.72. The first-order valence-corrected chi connectivity index (χ1v) is 11.1. The van der Waals surface area contributed by atoms with Gasteiger partial charge in [0.1, 0.15) is 17.3 Å². The fourth-order valence-corrected chi connectivity index (χ4v) is 4.06. The van der Waals surface area contributed by atoms with Crippen LogP contribution < -0.4 is 9.47 Å². The van der Waals surface area contributed by atoms with Gasteiger partial charge in [0.05, 0.1) is 27.1 Å². The molecule has 0 fully saturated rings. The minimum absolute atomic E-state index is 0.164. The number of hydrogen-bond acceptors (Lipinski definition) is 8. The van der Waals surface area contributed by atoms with E-state index in [1.54, 1.807) is 26.4 Å². The number of hydrogen-bond donors (Lipinski definition) is 0. The van der Waals surface area contributed by atoms with Crippen molar-refractivity contribution in [3.8, 4) is 28.6 Å². The molecule has 0 saturated carbocycles. The first-order chi connectivity index (χ1) is 16.0. The third-order valence-corrected chi connectivity index (χ3v) is 5.88. The highest BCUT2D eigenvalue weighted by molar-refractivity contribution is 7.98. The average molecular weight is 466 g/mol. The molecule has 0 N–H and O–H groups in total. The molecule has 170 valence electrons. The Morgan fingerprint density at radius 1 is 0.970 bits per heavy atom. The molecule has 2 heterocycles. The second-order valence-electron chi connectivity index (χ2n) is 7.12. The average Bonchev–Trinajstić information content (AvgIpc) is 3.49. The molecular weight excluding hydrogens is 442 g/mol. The summed E-state index contributed by atoms with van der Waals surface area (Å²) in [5, 5.41) is 9.58. The largest absolute Gasteiger partial charge is 0.497 e. The maximum absolute atomic E-state index is 11.7. The zero-order chi connectivity index (χ0) is 23.4. The standard InChI is InChI=1S/C24H23N3O5S/c1-15-5-7-17(8-6-15)27-22(16-11-19(29-2)13-20(12-16)30-3)25-26-24(27)33-14-18-9-10-21(32-18)23(28)31-4/h5-13H,14H2,1-4H3. The van der Waals surface area contributed by atoms with Crippen LogP contribution in [-0.4, -0.2) is 42.1 Å². The topological polar surface area (TPSA) is 88.6 Å². The lowest BCUT2D eigenvalue weighted by molar-refractivity contribution is 0.0563. The number of esters is 1. The van der Waals surface area contributed by atoms with Crippen molar-refractivity contribution in [1.82, 2.24) is 14.8 Å². The van der Waals surface area contributed by atoms with Crippen molar-refractivity contribution in [3.05, 3.63) is 71.7 Å². The van der Waals surface area contributed by atoms with Crippen molar-refractivity contribution in [1.29, 1.82) is 0 Å². The molecule has 2 aromatic heterocycles. The minimum atomic E-state index is -0.511. The summed E-state index contributed by atoms with van der Waals surface area (Å²) in [6.45, 7) is 2.04. The van der Waals surface area contributed by atoms with Crippen LogP contribution in [0.15, 0.2) is 64.2 Å². The van der Waals surface area contributed by atoms with E-state index < -0.39 is 5.97 Å². The van der Waals surface area contributed by atoms with Crippen LogP contribution in [0.5, 0.6) is 11.5 Å². The molecule has 0 atom stereocenters. The van der Waals surface area contributed by atoms with Gasteiger partial charge in [-0.25, -0.2) is 4.79 Å². The SMILES string of the molecule is COC(=O)c1ccc(CSc2nnc(-c3cc(OC)cc(OC)c3)n2-c2ccc(C)cc2)o1. The molecule has 0 radical (unpaired) electrons. The lowest BCUT2D eigenvalue weighted by Crippen LogP contribution is -2.00. The second kappa shape index (κ2) is 9.83. The van der Waals surface area contributed by atoms with E-state index >= 15 is 0 Å². The van der Waals surface area contributed by atoms with Crippen molar-refractivity contribution in [3.63, 3.8) is 0 Å². The van der Waals surface area contributed by atoms with Crippen molar-refractivity contribution in [2.24, 2.45) is 0 Å². The highest BCUT2D eigenvalue weighted by atomic mass is 32.2. The highest BCUT2D eigenvalue weighted by Crippen LogP contribution is 2.34. The Labute approximate surface area is 195 Å². The Kier molecular flexibility index (Phi) is 6.69. The summed E-state index contributed by atoms with van der Waals surface area (Å²) in [7, 11) is 4.53. The molecule has 33 heavy (non-hydrogen) atoms. The molecule has 0 saturated heterocycles. The maximum Gasteiger partial charge on any atom is 0.373 e. The summed E-state index contributed by atoms with van der Waals surface area (Å²) in [5.74, 6) is 2.70. The highest BCUT2D eigenvalue weighted by Gasteiger charge is 2.19. The molecule has 4 rings (SSSR count). The van der Waals surface area contributed by atoms with E-state index in [2.05, 4.69) is 10.2 Å². The normalized spacial score (nSPS) is 10.8. The molecule has 9 heteroatoms. The molecular formula is C24H23N3O5S. The third-order valence-electron chi connectivity index (χ3n) is 4.93. The van der Waals surface area contributed by atoms with E-state index in [9.17, 15) is 4.79 Å². The number of nitrogens with zero attached hydrogens (tertiary/aromatic N) is 3. The fourth-order valence-electron chi connectivity index (χ4n) is 3.21. The van der Waals surface area contributed by atoms with Crippen LogP contribution in [0.1, 0.15) is 21.9 Å². The van der Waals surface area contributed by atoms with Crippen molar-refractivity contribution < 1.29 is 23.4 Å². The van der Waals surface area contributed by atoms with Gasteiger partial charge in [-0.3, -0.25) is 4.57 Å². The summed E-state index contributed by atoms with van der Waals surface area (Å²) < 4.78 is 23.1. The predicted molar refractivity (Wildman–Crippen MR) is 124 cm³/mol. The molecule has 0 aliphatic carbocycles. The molecule has 0 amide bonds. The number of ether oxygens (including phenoxy) is 3. The molecule has 0 aliphatic rings. The van der Waals surface area contributed by atoms with Crippen LogP contribution in [0.25, 0.3) is 17.1 Å². The molecule has 4 aromatic rings. The van der Waals surface area contributed by atoms with Gasteiger partial charge in [-0.2, -0.15) is 0 Å². The van der Waals surface area contributed by atoms with Crippen LogP contribution in [0.2, 0.25) is 0 Å². The third kappa shape index (κ3) is 4.88. The van der Waals surface area contributed by atoms with Gasteiger partial charge in [0.25, 0.3) is 0 Å². The van der Waals surface area contributed by atoms with Gasteiger partial charge in [0.15, 0.2) is 11.0 Å². The van der Waals surface area contributed by atoms with Gasteiger partial charge >= 0.3 is 5.97 Å². The number of aryl methyl sites for hydroxylation is 1. The molecule has 0 spiro atoms. The minimum Gasteiger partial charge on any atom is -0.497 e. The van der Waals surface area contributed by atoms with E-state index in [0.717, 1.165) is 16.8 Å². The Bertz CT molecular complexity index is 1240. The van der Waals surface area contributed by atoms with E-state index in [-0.39, 0.29) is 5.76 Å². The molecule has 0 bridgehead atoms. The Morgan fingerprint density at radius 2 is 1.67 bits per heavy atom. The Morgan fingerprint density at radius 3 is 2.30 bits per heavy atom. The maximum atomic E-state index is 11.7. The van der Waals surface area contributed by atoms with Gasteiger partial charge in [0.2, 0.25) is 5.76 Å². The van der Waals surface area contributed by atoms with Gasteiger partial charge in [-0.05, 0) is 43.3 Å². The number of furan rings is 1. The van der Waals surface area contributed by atoms with Crippen LogP contribution in [0, 0.1) is 6.92 Å². The van der Waals surface area contributed by atoms with Gasteiger partial charge < -0.3 is 18.6 Å². The van der Waals surface area contributed by atoms with Crippen molar-refractivity contribution in [2.75, 3.05) is 21.3 Å². The lowest BCUT2D eigenvalue weighted by atomic mass is 10.1. The summed E-state index contributed by atoms with van der Waals surface area (Å²) in [5.41, 5.74) is 2.87. The number of methoxy groups -OCH3 is 3. The molecule has 0 unspecified atom stereocenters. The van der Waals surface area contributed by atoms with E-state index in [0.29, 0.717) is 34.0 Å². The molecule has 2 aromatic carbocycles. The number of aromatic nitrogens is 3. The van der Waals surface area contributed by atoms with Crippen LogP contribution >= 0.6 is 11.8 Å². The number of carbonyl (C=O) groups excluding carboxylic acids is 1. The summed E-state index contributed by atoms with van der Waals surface area (Å²) in [6, 6.07) is 17.0. The van der Waals surface area contributed by atoms with Crippen molar-refractivity contribution >= 4 is 17.7 Å². The van der Waals surface area contributed by atoms with Crippen LogP contribution in [-0.2, 0) is 10.5 Å². The quantitative estimate of drug-likeness (QED) is 0.267.